The number of anilines is 1. The van der Waals surface area contributed by atoms with Crippen LogP contribution in [0.2, 0.25) is 10.0 Å². The Morgan fingerprint density at radius 1 is 0.931 bits per heavy atom. The normalized spacial score (nSPS) is 10.0. The SMILES string of the molecule is Cc1c(Cl)cccc1NC(=O)CCC(=O)NNC(=S)NC(=O)c1ccc(Cl)cc1. The van der Waals surface area contributed by atoms with Gasteiger partial charge < -0.3 is 5.32 Å². The van der Waals surface area contributed by atoms with Gasteiger partial charge in [0.05, 0.1) is 0 Å². The number of nitrogens with one attached hydrogen (secondary N) is 4. The van der Waals surface area contributed by atoms with Crippen LogP contribution < -0.4 is 21.5 Å². The molecule has 7 nitrogen and oxygen atoms in total. The van der Waals surface area contributed by atoms with E-state index >= 15 is 0 Å². The second-order valence-corrected chi connectivity index (χ2v) is 7.18. The van der Waals surface area contributed by atoms with Crippen molar-refractivity contribution in [2.75, 3.05) is 5.32 Å². The molecule has 0 aliphatic carbocycles. The van der Waals surface area contributed by atoms with Gasteiger partial charge in [0.1, 0.15) is 0 Å². The van der Waals surface area contributed by atoms with Crippen LogP contribution >= 0.6 is 35.4 Å². The van der Waals surface area contributed by atoms with Crippen molar-refractivity contribution in [3.63, 3.8) is 0 Å². The third-order valence-electron chi connectivity index (χ3n) is 3.77. The number of hydrogen-bond acceptors (Lipinski definition) is 4. The first kappa shape index (κ1) is 22.6. The fourth-order valence-electron chi connectivity index (χ4n) is 2.18. The highest BCUT2D eigenvalue weighted by Gasteiger charge is 2.11. The lowest BCUT2D eigenvalue weighted by atomic mass is 10.2. The molecule has 0 atom stereocenters. The largest absolute Gasteiger partial charge is 0.326 e. The number of carbonyl (C=O) groups excluding carboxylic acids is 3. The van der Waals surface area contributed by atoms with Gasteiger partial charge in [-0.1, -0.05) is 29.3 Å². The van der Waals surface area contributed by atoms with E-state index in [2.05, 4.69) is 21.5 Å². The van der Waals surface area contributed by atoms with Crippen LogP contribution in [0.3, 0.4) is 0 Å². The molecule has 0 aromatic heterocycles. The molecular formula is C19H18Cl2N4O3S. The first-order valence-corrected chi connectivity index (χ1v) is 9.63. The highest BCUT2D eigenvalue weighted by molar-refractivity contribution is 7.80. The van der Waals surface area contributed by atoms with E-state index in [0.717, 1.165) is 5.56 Å². The molecule has 0 spiro atoms. The van der Waals surface area contributed by atoms with Crippen molar-refractivity contribution in [2.24, 2.45) is 0 Å². The van der Waals surface area contributed by atoms with Crippen LogP contribution in [-0.4, -0.2) is 22.8 Å². The molecule has 0 saturated heterocycles. The Morgan fingerprint density at radius 2 is 1.59 bits per heavy atom. The predicted octanol–water partition coefficient (Wildman–Crippen LogP) is 3.36. The average Bonchev–Trinajstić information content (AvgIpc) is 2.68. The molecule has 10 heteroatoms. The zero-order valence-electron chi connectivity index (χ0n) is 15.3. The Bertz CT molecular complexity index is 936. The van der Waals surface area contributed by atoms with Gasteiger partial charge in [-0.25, -0.2) is 0 Å². The molecule has 0 fully saturated rings. The fraction of sp³-hybridized carbons (Fsp3) is 0.158. The number of thiocarbonyl (C=S) groups is 1. The number of carbonyl (C=O) groups is 3. The van der Waals surface area contributed by atoms with E-state index < -0.39 is 11.8 Å². The minimum Gasteiger partial charge on any atom is -0.326 e. The van der Waals surface area contributed by atoms with Gasteiger partial charge in [-0.3, -0.25) is 30.6 Å². The third-order valence-corrected chi connectivity index (χ3v) is 4.64. The first-order chi connectivity index (χ1) is 13.8. The Balaban J connectivity index is 1.71. The molecule has 0 radical (unpaired) electrons. The predicted molar refractivity (Wildman–Crippen MR) is 117 cm³/mol. The van der Waals surface area contributed by atoms with Gasteiger partial charge in [-0.15, -0.1) is 0 Å². The molecule has 2 aromatic rings. The molecule has 2 rings (SSSR count). The molecule has 0 saturated carbocycles. The molecular weight excluding hydrogens is 435 g/mol. The fourth-order valence-corrected chi connectivity index (χ4v) is 2.62. The van der Waals surface area contributed by atoms with Crippen LogP contribution in [0.1, 0.15) is 28.8 Å². The van der Waals surface area contributed by atoms with E-state index in [9.17, 15) is 14.4 Å². The summed E-state index contributed by atoms with van der Waals surface area (Å²) >= 11 is 16.7. The summed E-state index contributed by atoms with van der Waals surface area (Å²) in [5.41, 5.74) is 6.43. The Morgan fingerprint density at radius 3 is 2.28 bits per heavy atom. The van der Waals surface area contributed by atoms with Crippen LogP contribution in [0.5, 0.6) is 0 Å². The maximum absolute atomic E-state index is 12.0. The van der Waals surface area contributed by atoms with E-state index in [1.54, 1.807) is 49.4 Å². The Labute approximate surface area is 183 Å². The highest BCUT2D eigenvalue weighted by atomic mass is 35.5. The number of halogens is 2. The van der Waals surface area contributed by atoms with Crippen molar-refractivity contribution >= 4 is 63.9 Å². The van der Waals surface area contributed by atoms with Gasteiger partial charge in [-0.2, -0.15) is 0 Å². The van der Waals surface area contributed by atoms with Gasteiger partial charge in [0.2, 0.25) is 11.8 Å². The summed E-state index contributed by atoms with van der Waals surface area (Å²) in [5, 5.41) is 6.07. The summed E-state index contributed by atoms with van der Waals surface area (Å²) in [7, 11) is 0. The van der Waals surface area contributed by atoms with Crippen LogP contribution in [0, 0.1) is 6.92 Å². The summed E-state index contributed by atoms with van der Waals surface area (Å²) < 4.78 is 0. The van der Waals surface area contributed by atoms with Crippen molar-refractivity contribution in [3.8, 4) is 0 Å². The number of rotatable bonds is 5. The summed E-state index contributed by atoms with van der Waals surface area (Å²) in [6.45, 7) is 1.79. The van der Waals surface area contributed by atoms with Gasteiger partial charge >= 0.3 is 0 Å². The zero-order chi connectivity index (χ0) is 21.4. The van der Waals surface area contributed by atoms with Gasteiger partial charge in [0.25, 0.3) is 5.91 Å². The maximum Gasteiger partial charge on any atom is 0.257 e. The zero-order valence-corrected chi connectivity index (χ0v) is 17.7. The lowest BCUT2D eigenvalue weighted by Gasteiger charge is -2.11. The average molecular weight is 453 g/mol. The minimum atomic E-state index is -0.467. The monoisotopic (exact) mass is 452 g/mol. The topological polar surface area (TPSA) is 99.3 Å². The Kier molecular flexibility index (Phi) is 8.38. The minimum absolute atomic E-state index is 0.0383. The smallest absolute Gasteiger partial charge is 0.257 e. The van der Waals surface area contributed by atoms with Crippen LogP contribution in [0.25, 0.3) is 0 Å². The second kappa shape index (κ2) is 10.8. The van der Waals surface area contributed by atoms with E-state index in [0.29, 0.717) is 21.3 Å². The molecule has 29 heavy (non-hydrogen) atoms. The molecule has 0 heterocycles. The molecule has 0 aliphatic heterocycles. The molecule has 2 aromatic carbocycles. The molecule has 152 valence electrons. The summed E-state index contributed by atoms with van der Waals surface area (Å²) in [6, 6.07) is 11.4. The first-order valence-electron chi connectivity index (χ1n) is 8.47. The van der Waals surface area contributed by atoms with Crippen molar-refractivity contribution in [2.45, 2.75) is 19.8 Å². The quantitative estimate of drug-likeness (QED) is 0.411. The van der Waals surface area contributed by atoms with Crippen molar-refractivity contribution in [3.05, 3.63) is 63.6 Å². The third kappa shape index (κ3) is 7.34. The van der Waals surface area contributed by atoms with E-state index in [1.165, 1.54) is 0 Å². The van der Waals surface area contributed by atoms with Crippen molar-refractivity contribution in [1.29, 1.82) is 0 Å². The lowest BCUT2D eigenvalue weighted by Crippen LogP contribution is -2.48. The standard InChI is InChI=1S/C19H18Cl2N4O3S/c1-11-14(21)3-2-4-15(11)22-16(26)9-10-17(27)24-25-19(29)23-18(28)12-5-7-13(20)8-6-12/h2-8H,9-10H2,1H3,(H,22,26)(H,24,27)(H2,23,25,28,29). The van der Waals surface area contributed by atoms with Crippen LogP contribution in [0.15, 0.2) is 42.5 Å². The molecule has 0 bridgehead atoms. The number of amides is 3. The van der Waals surface area contributed by atoms with Gasteiger partial charge in [0.15, 0.2) is 5.11 Å². The van der Waals surface area contributed by atoms with Crippen LogP contribution in [0.4, 0.5) is 5.69 Å². The molecule has 4 N–H and O–H groups in total. The highest BCUT2D eigenvalue weighted by Crippen LogP contribution is 2.23. The molecule has 0 unspecified atom stereocenters. The summed E-state index contributed by atoms with van der Waals surface area (Å²) in [6.07, 6.45) is -0.116. The molecule has 0 aliphatic rings. The van der Waals surface area contributed by atoms with Gasteiger partial charge in [-0.05, 0) is 61.1 Å². The summed E-state index contributed by atoms with van der Waals surface area (Å²) in [5.74, 6) is -1.25. The van der Waals surface area contributed by atoms with Crippen LogP contribution in [-0.2, 0) is 9.59 Å². The second-order valence-electron chi connectivity index (χ2n) is 5.92. The van der Waals surface area contributed by atoms with Crippen molar-refractivity contribution < 1.29 is 14.4 Å². The van der Waals surface area contributed by atoms with Crippen molar-refractivity contribution in [1.82, 2.24) is 16.2 Å². The van der Waals surface area contributed by atoms with Gasteiger partial charge in [0, 0.05) is 34.1 Å². The molecule has 3 amide bonds. The maximum atomic E-state index is 12.0. The number of hydrazine groups is 1. The van der Waals surface area contributed by atoms with E-state index in [-0.39, 0.29) is 23.9 Å². The lowest BCUT2D eigenvalue weighted by molar-refractivity contribution is -0.124. The Hall–Kier alpha value is -2.68. The van der Waals surface area contributed by atoms with E-state index in [4.69, 9.17) is 35.4 Å². The van der Waals surface area contributed by atoms with E-state index in [1.807, 2.05) is 0 Å². The summed E-state index contributed by atoms with van der Waals surface area (Å²) in [4.78, 5) is 35.8. The number of benzene rings is 2. The number of hydrogen-bond donors (Lipinski definition) is 4.